The normalized spacial score (nSPS) is 16.3. The first-order chi connectivity index (χ1) is 12.4. The molecule has 26 heavy (non-hydrogen) atoms. The highest BCUT2D eigenvalue weighted by atomic mass is 32.2. The molecule has 1 saturated heterocycles. The van der Waals surface area contributed by atoms with E-state index in [2.05, 4.69) is 5.32 Å². The second-order valence-electron chi connectivity index (χ2n) is 6.52. The molecule has 0 unspecified atom stereocenters. The van der Waals surface area contributed by atoms with Crippen LogP contribution in [0.3, 0.4) is 0 Å². The van der Waals surface area contributed by atoms with E-state index in [0.29, 0.717) is 36.4 Å². The van der Waals surface area contributed by atoms with E-state index >= 15 is 0 Å². The minimum atomic E-state index is -3.50. The fourth-order valence-corrected chi connectivity index (χ4v) is 4.49. The van der Waals surface area contributed by atoms with Crippen molar-refractivity contribution in [3.05, 3.63) is 59.7 Å². The molecule has 3 rings (SSSR count). The van der Waals surface area contributed by atoms with Gasteiger partial charge in [-0.1, -0.05) is 23.8 Å². The van der Waals surface area contributed by atoms with Gasteiger partial charge < -0.3 is 10.4 Å². The zero-order valence-electron chi connectivity index (χ0n) is 14.6. The van der Waals surface area contributed by atoms with Gasteiger partial charge in [-0.05, 0) is 50.1 Å². The number of carbonyl (C=O) groups is 1. The van der Waals surface area contributed by atoms with Crippen LogP contribution in [-0.4, -0.2) is 42.9 Å². The highest BCUT2D eigenvalue weighted by Gasteiger charge is 2.30. The van der Waals surface area contributed by atoms with Gasteiger partial charge in [-0.25, -0.2) is 8.42 Å². The number of aromatic hydroxyl groups is 1. The standard InChI is InChI=1S/C19H22N2O4S/c1-14-5-7-18(8-6-14)26(24,25)21-11-9-16(10-12-21)20-19(23)15-3-2-4-17(22)13-15/h2-8,13,16,22H,9-12H2,1H3,(H,20,23). The van der Waals surface area contributed by atoms with E-state index in [9.17, 15) is 18.3 Å². The third-order valence-electron chi connectivity index (χ3n) is 4.56. The number of rotatable bonds is 4. The topological polar surface area (TPSA) is 86.7 Å². The lowest BCUT2D eigenvalue weighted by Gasteiger charge is -2.31. The van der Waals surface area contributed by atoms with Gasteiger partial charge in [-0.2, -0.15) is 4.31 Å². The smallest absolute Gasteiger partial charge is 0.251 e. The minimum absolute atomic E-state index is 0.0386. The van der Waals surface area contributed by atoms with Crippen molar-refractivity contribution in [1.29, 1.82) is 0 Å². The number of phenolic OH excluding ortho intramolecular Hbond substituents is 1. The molecule has 0 atom stereocenters. The molecule has 1 amide bonds. The second-order valence-corrected chi connectivity index (χ2v) is 8.45. The third kappa shape index (κ3) is 4.05. The summed E-state index contributed by atoms with van der Waals surface area (Å²) in [6, 6.07) is 12.9. The Hall–Kier alpha value is -2.38. The lowest BCUT2D eigenvalue weighted by atomic mass is 10.1. The van der Waals surface area contributed by atoms with E-state index in [-0.39, 0.29) is 17.7 Å². The van der Waals surface area contributed by atoms with E-state index in [0.717, 1.165) is 5.56 Å². The fraction of sp³-hybridized carbons (Fsp3) is 0.316. The van der Waals surface area contributed by atoms with Gasteiger partial charge in [-0.15, -0.1) is 0 Å². The van der Waals surface area contributed by atoms with E-state index in [4.69, 9.17) is 0 Å². The second kappa shape index (κ2) is 7.47. The number of piperidine rings is 1. The number of phenols is 1. The summed E-state index contributed by atoms with van der Waals surface area (Å²) in [5.74, 6) is -0.225. The zero-order valence-corrected chi connectivity index (χ0v) is 15.4. The molecule has 2 aromatic rings. The van der Waals surface area contributed by atoms with Crippen molar-refractivity contribution in [2.75, 3.05) is 13.1 Å². The lowest BCUT2D eigenvalue weighted by molar-refractivity contribution is 0.0923. The molecule has 1 heterocycles. The van der Waals surface area contributed by atoms with Crippen LogP contribution in [0.2, 0.25) is 0 Å². The fourth-order valence-electron chi connectivity index (χ4n) is 3.02. The molecule has 0 saturated carbocycles. The van der Waals surface area contributed by atoms with Crippen molar-refractivity contribution in [3.8, 4) is 5.75 Å². The third-order valence-corrected chi connectivity index (χ3v) is 6.47. The van der Waals surface area contributed by atoms with Gasteiger partial charge in [0.2, 0.25) is 10.0 Å². The number of sulfonamides is 1. The van der Waals surface area contributed by atoms with E-state index in [1.54, 1.807) is 36.4 Å². The van der Waals surface area contributed by atoms with Gasteiger partial charge in [-0.3, -0.25) is 4.79 Å². The summed E-state index contributed by atoms with van der Waals surface area (Å²) in [4.78, 5) is 12.5. The van der Waals surface area contributed by atoms with Crippen molar-refractivity contribution in [2.24, 2.45) is 0 Å². The molecule has 138 valence electrons. The Morgan fingerprint density at radius 3 is 2.38 bits per heavy atom. The molecule has 2 aromatic carbocycles. The molecule has 7 heteroatoms. The zero-order chi connectivity index (χ0) is 18.7. The van der Waals surface area contributed by atoms with Crippen LogP contribution in [0.25, 0.3) is 0 Å². The minimum Gasteiger partial charge on any atom is -0.508 e. The monoisotopic (exact) mass is 374 g/mol. The maximum atomic E-state index is 12.7. The summed E-state index contributed by atoms with van der Waals surface area (Å²) < 4.78 is 26.9. The first-order valence-electron chi connectivity index (χ1n) is 8.53. The molecule has 1 fully saturated rings. The molecule has 0 radical (unpaired) electrons. The SMILES string of the molecule is Cc1ccc(S(=O)(=O)N2CCC(NC(=O)c3cccc(O)c3)CC2)cc1. The first kappa shape index (κ1) is 18.4. The molecular weight excluding hydrogens is 352 g/mol. The number of amides is 1. The highest BCUT2D eigenvalue weighted by Crippen LogP contribution is 2.21. The first-order valence-corrected chi connectivity index (χ1v) is 9.97. The molecule has 0 aromatic heterocycles. The summed E-state index contributed by atoms with van der Waals surface area (Å²) in [5, 5.41) is 12.4. The van der Waals surface area contributed by atoms with Crippen LogP contribution in [-0.2, 0) is 10.0 Å². The van der Waals surface area contributed by atoms with Crippen LogP contribution in [0.15, 0.2) is 53.4 Å². The van der Waals surface area contributed by atoms with Gasteiger partial charge in [0.15, 0.2) is 0 Å². The van der Waals surface area contributed by atoms with Gasteiger partial charge in [0, 0.05) is 24.7 Å². The quantitative estimate of drug-likeness (QED) is 0.860. The number of hydrogen-bond donors (Lipinski definition) is 2. The average molecular weight is 374 g/mol. The molecule has 2 N–H and O–H groups in total. The predicted octanol–water partition coefficient (Wildman–Crippen LogP) is 2.28. The molecule has 6 nitrogen and oxygen atoms in total. The van der Waals surface area contributed by atoms with Crippen LogP contribution < -0.4 is 5.32 Å². The Kier molecular flexibility index (Phi) is 5.29. The van der Waals surface area contributed by atoms with Gasteiger partial charge in [0.25, 0.3) is 5.91 Å². The van der Waals surface area contributed by atoms with Crippen LogP contribution >= 0.6 is 0 Å². The Labute approximate surface area is 153 Å². The molecule has 0 spiro atoms. The summed E-state index contributed by atoms with van der Waals surface area (Å²) in [7, 11) is -3.50. The number of nitrogens with zero attached hydrogens (tertiary/aromatic N) is 1. The van der Waals surface area contributed by atoms with Crippen LogP contribution in [0.4, 0.5) is 0 Å². The maximum absolute atomic E-state index is 12.7. The van der Waals surface area contributed by atoms with Crippen LogP contribution in [0.1, 0.15) is 28.8 Å². The Balaban J connectivity index is 1.60. The summed E-state index contributed by atoms with van der Waals surface area (Å²) in [6.45, 7) is 2.64. The Morgan fingerprint density at radius 2 is 1.77 bits per heavy atom. The van der Waals surface area contributed by atoms with Crippen molar-refractivity contribution < 1.29 is 18.3 Å². The number of benzene rings is 2. The van der Waals surface area contributed by atoms with Gasteiger partial charge >= 0.3 is 0 Å². The van der Waals surface area contributed by atoms with E-state index < -0.39 is 10.0 Å². The van der Waals surface area contributed by atoms with Crippen LogP contribution in [0, 0.1) is 6.92 Å². The average Bonchev–Trinajstić information content (AvgIpc) is 2.62. The number of carbonyl (C=O) groups excluding carboxylic acids is 1. The van der Waals surface area contributed by atoms with Gasteiger partial charge in [0.1, 0.15) is 5.75 Å². The molecule has 1 aliphatic heterocycles. The van der Waals surface area contributed by atoms with E-state index in [1.165, 1.54) is 16.4 Å². The summed E-state index contributed by atoms with van der Waals surface area (Å²) >= 11 is 0. The largest absolute Gasteiger partial charge is 0.508 e. The Bertz CT molecular complexity index is 886. The molecule has 1 aliphatic rings. The van der Waals surface area contributed by atoms with Crippen molar-refractivity contribution in [3.63, 3.8) is 0 Å². The Morgan fingerprint density at radius 1 is 1.12 bits per heavy atom. The molecular formula is C19H22N2O4S. The van der Waals surface area contributed by atoms with Gasteiger partial charge in [0.05, 0.1) is 4.90 Å². The lowest BCUT2D eigenvalue weighted by Crippen LogP contribution is -2.46. The number of aryl methyl sites for hydroxylation is 1. The molecule has 0 aliphatic carbocycles. The summed E-state index contributed by atoms with van der Waals surface area (Å²) in [6.07, 6.45) is 1.10. The van der Waals surface area contributed by atoms with E-state index in [1.807, 2.05) is 6.92 Å². The molecule has 0 bridgehead atoms. The number of hydrogen-bond acceptors (Lipinski definition) is 4. The maximum Gasteiger partial charge on any atom is 0.251 e. The van der Waals surface area contributed by atoms with Crippen LogP contribution in [0.5, 0.6) is 5.75 Å². The summed E-state index contributed by atoms with van der Waals surface area (Å²) in [5.41, 5.74) is 1.40. The van der Waals surface area contributed by atoms with Crippen molar-refractivity contribution >= 4 is 15.9 Å². The van der Waals surface area contributed by atoms with Crippen molar-refractivity contribution in [2.45, 2.75) is 30.7 Å². The predicted molar refractivity (Wildman–Crippen MR) is 98.5 cm³/mol. The highest BCUT2D eigenvalue weighted by molar-refractivity contribution is 7.89. The number of nitrogens with one attached hydrogen (secondary N) is 1. The van der Waals surface area contributed by atoms with Crippen molar-refractivity contribution in [1.82, 2.24) is 9.62 Å².